The summed E-state index contributed by atoms with van der Waals surface area (Å²) < 4.78 is 4.38. The Kier molecular flexibility index (Phi) is 3.28. The minimum atomic E-state index is 0.554. The second-order valence-electron chi connectivity index (χ2n) is 6.04. The number of anilines is 1. The van der Waals surface area contributed by atoms with E-state index in [9.17, 15) is 0 Å². The largest absolute Gasteiger partial charge is 0.383 e. The molecular weight excluding hydrogens is 250 g/mol. The van der Waals surface area contributed by atoms with E-state index in [1.807, 2.05) is 12.5 Å². The first-order chi connectivity index (χ1) is 9.61. The fourth-order valence-corrected chi connectivity index (χ4v) is 2.67. The average molecular weight is 273 g/mol. The third-order valence-corrected chi connectivity index (χ3v) is 3.80. The zero-order valence-corrected chi connectivity index (χ0v) is 12.5. The summed E-state index contributed by atoms with van der Waals surface area (Å²) in [5.41, 5.74) is 8.32. The number of nitrogen functional groups attached to an aromatic ring is 1. The molecule has 2 aromatic heterocycles. The lowest BCUT2D eigenvalue weighted by molar-refractivity contribution is 0.513. The number of nitrogens with two attached hydrogens (primary N) is 1. The van der Waals surface area contributed by atoms with Crippen molar-refractivity contribution in [1.29, 1.82) is 0 Å². The third kappa shape index (κ3) is 2.21. The third-order valence-electron chi connectivity index (χ3n) is 3.80. The maximum atomic E-state index is 6.37. The van der Waals surface area contributed by atoms with Crippen LogP contribution in [0.4, 0.5) is 5.82 Å². The van der Waals surface area contributed by atoms with Crippen molar-refractivity contribution in [3.05, 3.63) is 18.3 Å². The molecule has 0 aliphatic heterocycles. The Morgan fingerprint density at radius 3 is 2.75 bits per heavy atom. The van der Waals surface area contributed by atoms with Gasteiger partial charge in [0.15, 0.2) is 0 Å². The molecule has 1 saturated carbocycles. The lowest BCUT2D eigenvalue weighted by Crippen LogP contribution is -2.11. The number of hydrogen-bond acceptors (Lipinski definition) is 3. The second kappa shape index (κ2) is 4.96. The first-order valence-corrected chi connectivity index (χ1v) is 7.48. The number of imidazole rings is 2. The van der Waals surface area contributed by atoms with Gasteiger partial charge in [0, 0.05) is 19.0 Å². The second-order valence-corrected chi connectivity index (χ2v) is 6.04. The zero-order valence-electron chi connectivity index (χ0n) is 12.5. The molecule has 5 heteroatoms. The molecular formula is C15H23N5. The molecule has 2 aromatic rings. The molecule has 108 valence electrons. The van der Waals surface area contributed by atoms with Crippen molar-refractivity contribution in [2.45, 2.75) is 52.6 Å². The monoisotopic (exact) mass is 273 g/mol. The molecule has 0 saturated heterocycles. The van der Waals surface area contributed by atoms with Crippen molar-refractivity contribution in [3.63, 3.8) is 0 Å². The summed E-state index contributed by atoms with van der Waals surface area (Å²) in [7, 11) is 0. The summed E-state index contributed by atoms with van der Waals surface area (Å²) in [6.45, 7) is 7.44. The van der Waals surface area contributed by atoms with E-state index in [-0.39, 0.29) is 0 Å². The molecule has 5 nitrogen and oxygen atoms in total. The molecule has 0 unspecified atom stereocenters. The van der Waals surface area contributed by atoms with E-state index in [1.54, 1.807) is 0 Å². The highest BCUT2D eigenvalue weighted by Gasteiger charge is 2.28. The summed E-state index contributed by atoms with van der Waals surface area (Å²) in [5.74, 6) is 2.39. The number of hydrogen-bond donors (Lipinski definition) is 1. The van der Waals surface area contributed by atoms with Gasteiger partial charge < -0.3 is 14.9 Å². The van der Waals surface area contributed by atoms with Gasteiger partial charge in [0.2, 0.25) is 0 Å². The number of nitrogens with zero attached hydrogens (tertiary/aromatic N) is 4. The lowest BCUT2D eigenvalue weighted by Gasteiger charge is -2.11. The summed E-state index contributed by atoms with van der Waals surface area (Å²) >= 11 is 0. The van der Waals surface area contributed by atoms with Crippen molar-refractivity contribution >= 4 is 5.82 Å². The average Bonchev–Trinajstić information content (AvgIpc) is 3.07. The molecule has 20 heavy (non-hydrogen) atoms. The Hall–Kier alpha value is -1.78. The number of aryl methyl sites for hydroxylation is 1. The highest BCUT2D eigenvalue weighted by molar-refractivity contribution is 5.68. The normalized spacial score (nSPS) is 15.2. The van der Waals surface area contributed by atoms with E-state index >= 15 is 0 Å². The van der Waals surface area contributed by atoms with Gasteiger partial charge in [-0.3, -0.25) is 0 Å². The van der Waals surface area contributed by atoms with Crippen LogP contribution in [0.3, 0.4) is 0 Å². The van der Waals surface area contributed by atoms with Gasteiger partial charge in [0.1, 0.15) is 17.3 Å². The van der Waals surface area contributed by atoms with Crippen LogP contribution in [0, 0.1) is 5.92 Å². The SMILES string of the molecule is CCc1nc(-c2cncn2C2CC2)c(N)n1CC(C)C. The van der Waals surface area contributed by atoms with Crippen LogP contribution < -0.4 is 5.73 Å². The summed E-state index contributed by atoms with van der Waals surface area (Å²) in [4.78, 5) is 9.06. The molecule has 1 aliphatic carbocycles. The van der Waals surface area contributed by atoms with E-state index in [0.717, 1.165) is 36.0 Å². The van der Waals surface area contributed by atoms with Crippen molar-refractivity contribution in [2.24, 2.45) is 5.92 Å². The minimum absolute atomic E-state index is 0.554. The van der Waals surface area contributed by atoms with Crippen LogP contribution in [0.25, 0.3) is 11.4 Å². The van der Waals surface area contributed by atoms with Crippen LogP contribution in [-0.4, -0.2) is 19.1 Å². The quantitative estimate of drug-likeness (QED) is 0.911. The number of rotatable bonds is 5. The first-order valence-electron chi connectivity index (χ1n) is 7.48. The highest BCUT2D eigenvalue weighted by atomic mass is 15.2. The van der Waals surface area contributed by atoms with E-state index < -0.39 is 0 Å². The molecule has 2 N–H and O–H groups in total. The van der Waals surface area contributed by atoms with Crippen LogP contribution in [0.15, 0.2) is 12.5 Å². The molecule has 0 atom stereocenters. The Morgan fingerprint density at radius 2 is 2.15 bits per heavy atom. The maximum Gasteiger partial charge on any atom is 0.133 e. The molecule has 0 radical (unpaired) electrons. The fourth-order valence-electron chi connectivity index (χ4n) is 2.67. The van der Waals surface area contributed by atoms with Gasteiger partial charge in [0.05, 0.1) is 18.2 Å². The molecule has 2 heterocycles. The summed E-state index contributed by atoms with van der Waals surface area (Å²) in [6, 6.07) is 0.590. The van der Waals surface area contributed by atoms with Crippen molar-refractivity contribution in [1.82, 2.24) is 19.1 Å². The first kappa shape index (κ1) is 13.2. The molecule has 0 spiro atoms. The van der Waals surface area contributed by atoms with Crippen LogP contribution in [0.2, 0.25) is 0 Å². The highest BCUT2D eigenvalue weighted by Crippen LogP contribution is 2.39. The van der Waals surface area contributed by atoms with Gasteiger partial charge >= 0.3 is 0 Å². The van der Waals surface area contributed by atoms with Crippen molar-refractivity contribution < 1.29 is 0 Å². The van der Waals surface area contributed by atoms with Crippen LogP contribution in [0.5, 0.6) is 0 Å². The smallest absolute Gasteiger partial charge is 0.133 e. The predicted octanol–water partition coefficient (Wildman–Crippen LogP) is 2.88. The van der Waals surface area contributed by atoms with Crippen molar-refractivity contribution in [2.75, 3.05) is 5.73 Å². The molecule has 1 aliphatic rings. The Bertz CT molecular complexity index is 604. The van der Waals surface area contributed by atoms with E-state index in [4.69, 9.17) is 10.7 Å². The zero-order chi connectivity index (χ0) is 14.3. The summed E-state index contributed by atoms with van der Waals surface area (Å²) in [5, 5.41) is 0. The number of aromatic nitrogens is 4. The Balaban J connectivity index is 2.05. The topological polar surface area (TPSA) is 61.7 Å². The van der Waals surface area contributed by atoms with Gasteiger partial charge in [0.25, 0.3) is 0 Å². The molecule has 0 amide bonds. The molecule has 3 rings (SSSR count). The van der Waals surface area contributed by atoms with Crippen LogP contribution in [-0.2, 0) is 13.0 Å². The van der Waals surface area contributed by atoms with Crippen molar-refractivity contribution in [3.8, 4) is 11.4 Å². The van der Waals surface area contributed by atoms with Crippen LogP contribution in [0.1, 0.15) is 45.5 Å². The van der Waals surface area contributed by atoms with Gasteiger partial charge in [-0.15, -0.1) is 0 Å². The van der Waals surface area contributed by atoms with E-state index in [1.165, 1.54) is 12.8 Å². The molecule has 0 aromatic carbocycles. The standard InChI is InChI=1S/C15H23N5/c1-4-13-18-14(15(16)19(13)8-10(2)3)12-7-17-9-20(12)11-5-6-11/h7,9-11H,4-6,8,16H2,1-3H3. The summed E-state index contributed by atoms with van der Waals surface area (Å²) in [6.07, 6.45) is 7.15. The van der Waals surface area contributed by atoms with Gasteiger partial charge in [-0.05, 0) is 18.8 Å². The fraction of sp³-hybridized carbons (Fsp3) is 0.600. The van der Waals surface area contributed by atoms with Gasteiger partial charge in [-0.1, -0.05) is 20.8 Å². The van der Waals surface area contributed by atoms with E-state index in [2.05, 4.69) is 34.9 Å². The van der Waals surface area contributed by atoms with Gasteiger partial charge in [-0.2, -0.15) is 0 Å². The van der Waals surface area contributed by atoms with Gasteiger partial charge in [-0.25, -0.2) is 9.97 Å². The van der Waals surface area contributed by atoms with E-state index in [0.29, 0.717) is 12.0 Å². The Labute approximate surface area is 119 Å². The minimum Gasteiger partial charge on any atom is -0.383 e. The van der Waals surface area contributed by atoms with Crippen LogP contribution >= 0.6 is 0 Å². The molecule has 0 bridgehead atoms. The Morgan fingerprint density at radius 1 is 1.40 bits per heavy atom. The predicted molar refractivity (Wildman–Crippen MR) is 80.3 cm³/mol. The lowest BCUT2D eigenvalue weighted by atomic mass is 10.2. The molecule has 1 fully saturated rings. The maximum absolute atomic E-state index is 6.37.